The molecule has 3 atom stereocenters. The van der Waals surface area contributed by atoms with Crippen molar-refractivity contribution >= 4 is 34.5 Å². The van der Waals surface area contributed by atoms with Crippen LogP contribution in [0.15, 0.2) is 42.5 Å². The average molecular weight is 524 g/mol. The van der Waals surface area contributed by atoms with Gasteiger partial charge in [-0.05, 0) is 40.3 Å². The predicted octanol–water partition coefficient (Wildman–Crippen LogP) is 1.82. The van der Waals surface area contributed by atoms with E-state index < -0.39 is 18.2 Å². The van der Waals surface area contributed by atoms with Crippen molar-refractivity contribution in [1.82, 2.24) is 15.6 Å². The molecule has 1 unspecified atom stereocenters. The van der Waals surface area contributed by atoms with Crippen LogP contribution in [0.1, 0.15) is 17.4 Å². The minimum atomic E-state index is -0.704. The highest BCUT2D eigenvalue weighted by atomic mass is 127. The molecule has 0 aliphatic carbocycles. The number of aromatic nitrogens is 1. The topological polar surface area (TPSA) is 96.0 Å². The highest BCUT2D eigenvalue weighted by Crippen LogP contribution is 2.26. The molecular formula is C21H25IN4O4. The number of β-amino-alcohol motifs (C(OH)–C–C–N with tert-alkyl or cyclic N) is 1. The standard InChI is InChI=1S/C21H25IN4O4/c22-15-8-16(19-10-23-6-7-29-19)24-20(9-15)26-11-17(18(27)12-26)25-21(28)30-13-14-4-2-1-3-5-14/h1-5,8-9,17-19,23,27H,6-7,10-13H2,(H,25,28)/t17-,18-,19?/m1/s1. The van der Waals surface area contributed by atoms with Crippen LogP contribution >= 0.6 is 22.6 Å². The van der Waals surface area contributed by atoms with Crippen LogP contribution in [0.3, 0.4) is 0 Å². The van der Waals surface area contributed by atoms with Gasteiger partial charge in [0.25, 0.3) is 0 Å². The van der Waals surface area contributed by atoms with Crippen LogP contribution in [-0.4, -0.2) is 61.1 Å². The third-order valence-corrected chi connectivity index (χ3v) is 5.81. The van der Waals surface area contributed by atoms with Gasteiger partial charge in [-0.25, -0.2) is 9.78 Å². The van der Waals surface area contributed by atoms with Crippen LogP contribution in [0.5, 0.6) is 0 Å². The molecule has 2 aliphatic rings. The summed E-state index contributed by atoms with van der Waals surface area (Å²) in [6.07, 6.45) is -1.32. The van der Waals surface area contributed by atoms with Crippen molar-refractivity contribution < 1.29 is 19.4 Å². The number of nitrogens with zero attached hydrogens (tertiary/aromatic N) is 2. The Bertz CT molecular complexity index is 863. The largest absolute Gasteiger partial charge is 0.445 e. The van der Waals surface area contributed by atoms with E-state index in [1.165, 1.54) is 0 Å². The fraction of sp³-hybridized carbons (Fsp3) is 0.429. The molecule has 30 heavy (non-hydrogen) atoms. The fourth-order valence-corrected chi connectivity index (χ4v) is 4.21. The van der Waals surface area contributed by atoms with Crippen molar-refractivity contribution in [1.29, 1.82) is 0 Å². The van der Waals surface area contributed by atoms with Crippen LogP contribution in [-0.2, 0) is 16.1 Å². The number of ether oxygens (including phenoxy) is 2. The van der Waals surface area contributed by atoms with Crippen molar-refractivity contribution in [3.05, 3.63) is 57.3 Å². The Hall–Kier alpha value is -1.95. The number of rotatable bonds is 5. The Kier molecular flexibility index (Phi) is 7.03. The van der Waals surface area contributed by atoms with Gasteiger partial charge in [0.15, 0.2) is 0 Å². The van der Waals surface area contributed by atoms with E-state index in [-0.39, 0.29) is 12.7 Å². The van der Waals surface area contributed by atoms with E-state index >= 15 is 0 Å². The lowest BCUT2D eigenvalue weighted by Gasteiger charge is -2.25. The number of halogens is 1. The predicted molar refractivity (Wildman–Crippen MR) is 120 cm³/mol. The van der Waals surface area contributed by atoms with Crippen molar-refractivity contribution in [2.24, 2.45) is 0 Å². The smallest absolute Gasteiger partial charge is 0.407 e. The number of aliphatic hydroxyl groups is 1. The SMILES string of the molecule is O=C(N[C@@H]1CN(c2cc(I)cc(C3CNCCO3)n2)C[C@H]1O)OCc1ccccc1. The minimum Gasteiger partial charge on any atom is -0.445 e. The molecule has 8 nitrogen and oxygen atoms in total. The highest BCUT2D eigenvalue weighted by Gasteiger charge is 2.34. The van der Waals surface area contributed by atoms with Crippen molar-refractivity contribution in [3.63, 3.8) is 0 Å². The van der Waals surface area contributed by atoms with E-state index in [1.807, 2.05) is 47.4 Å². The maximum Gasteiger partial charge on any atom is 0.407 e. The van der Waals surface area contributed by atoms with Crippen molar-refractivity contribution in [2.75, 3.05) is 37.7 Å². The number of hydrogen-bond donors (Lipinski definition) is 3. The number of nitrogens with one attached hydrogen (secondary N) is 2. The zero-order chi connectivity index (χ0) is 20.9. The zero-order valence-corrected chi connectivity index (χ0v) is 18.6. The average Bonchev–Trinajstić information content (AvgIpc) is 3.13. The number of carbonyl (C=O) groups excluding carboxylic acids is 1. The summed E-state index contributed by atoms with van der Waals surface area (Å²) in [5, 5.41) is 16.6. The molecule has 0 radical (unpaired) electrons. The number of aliphatic hydroxyl groups excluding tert-OH is 1. The number of morpholine rings is 1. The van der Waals surface area contributed by atoms with Gasteiger partial charge >= 0.3 is 6.09 Å². The maximum absolute atomic E-state index is 12.2. The molecule has 2 saturated heterocycles. The molecule has 0 spiro atoms. The van der Waals surface area contributed by atoms with Gasteiger partial charge in [0.1, 0.15) is 18.5 Å². The molecule has 4 rings (SSSR count). The van der Waals surface area contributed by atoms with E-state index in [9.17, 15) is 9.90 Å². The molecular weight excluding hydrogens is 499 g/mol. The molecule has 3 heterocycles. The lowest BCUT2D eigenvalue weighted by molar-refractivity contribution is 0.0250. The normalized spacial score (nSPS) is 23.9. The fourth-order valence-electron chi connectivity index (χ4n) is 3.62. The Morgan fingerprint density at radius 3 is 2.93 bits per heavy atom. The van der Waals surface area contributed by atoms with E-state index in [4.69, 9.17) is 14.5 Å². The molecule has 2 aliphatic heterocycles. The number of amides is 1. The summed E-state index contributed by atoms with van der Waals surface area (Å²) in [5.41, 5.74) is 1.79. The lowest BCUT2D eigenvalue weighted by Crippen LogP contribution is -2.43. The Morgan fingerprint density at radius 1 is 1.33 bits per heavy atom. The number of benzene rings is 1. The molecule has 9 heteroatoms. The molecule has 2 fully saturated rings. The number of alkyl carbamates (subject to hydrolysis) is 1. The van der Waals surface area contributed by atoms with Crippen LogP contribution in [0.25, 0.3) is 0 Å². The second-order valence-corrected chi connectivity index (χ2v) is 8.66. The van der Waals surface area contributed by atoms with E-state index in [1.54, 1.807) is 0 Å². The summed E-state index contributed by atoms with van der Waals surface area (Å²) in [5.74, 6) is 0.770. The first-order chi connectivity index (χ1) is 14.6. The highest BCUT2D eigenvalue weighted by molar-refractivity contribution is 14.1. The van der Waals surface area contributed by atoms with Crippen LogP contribution in [0, 0.1) is 3.57 Å². The number of anilines is 1. The maximum atomic E-state index is 12.2. The Labute approximate surface area is 189 Å². The molecule has 1 aromatic heterocycles. The summed E-state index contributed by atoms with van der Waals surface area (Å²) in [7, 11) is 0. The summed E-state index contributed by atoms with van der Waals surface area (Å²) >= 11 is 2.27. The van der Waals surface area contributed by atoms with Crippen LogP contribution < -0.4 is 15.5 Å². The zero-order valence-electron chi connectivity index (χ0n) is 16.5. The van der Waals surface area contributed by atoms with Gasteiger partial charge in [-0.1, -0.05) is 30.3 Å². The van der Waals surface area contributed by atoms with Gasteiger partial charge in [-0.2, -0.15) is 0 Å². The third kappa shape index (κ3) is 5.39. The third-order valence-electron chi connectivity index (χ3n) is 5.18. The van der Waals surface area contributed by atoms with E-state index in [0.29, 0.717) is 19.7 Å². The number of hydrogen-bond acceptors (Lipinski definition) is 7. The Morgan fingerprint density at radius 2 is 2.17 bits per heavy atom. The molecule has 0 saturated carbocycles. The summed E-state index contributed by atoms with van der Waals surface area (Å²) in [4.78, 5) is 18.9. The second-order valence-electron chi connectivity index (χ2n) is 7.42. The summed E-state index contributed by atoms with van der Waals surface area (Å²) in [6.45, 7) is 3.27. The first kappa shape index (κ1) is 21.3. The van der Waals surface area contributed by atoms with Gasteiger partial charge < -0.3 is 30.1 Å². The molecule has 0 bridgehead atoms. The van der Waals surface area contributed by atoms with Crippen LogP contribution in [0.4, 0.5) is 10.6 Å². The molecule has 1 aromatic carbocycles. The van der Waals surface area contributed by atoms with E-state index in [2.05, 4.69) is 33.2 Å². The Balaban J connectivity index is 1.36. The summed E-state index contributed by atoms with van der Waals surface area (Å²) < 4.78 is 12.2. The van der Waals surface area contributed by atoms with Gasteiger partial charge in [0.2, 0.25) is 0 Å². The minimum absolute atomic E-state index is 0.0818. The van der Waals surface area contributed by atoms with Crippen LogP contribution in [0.2, 0.25) is 0 Å². The van der Waals surface area contributed by atoms with Gasteiger partial charge in [0.05, 0.1) is 24.4 Å². The molecule has 160 valence electrons. The quantitative estimate of drug-likeness (QED) is 0.514. The monoisotopic (exact) mass is 524 g/mol. The van der Waals surface area contributed by atoms with E-state index in [0.717, 1.165) is 33.7 Å². The lowest BCUT2D eigenvalue weighted by atomic mass is 10.2. The number of pyridine rings is 1. The molecule has 3 N–H and O–H groups in total. The number of carbonyl (C=O) groups is 1. The van der Waals surface area contributed by atoms with Gasteiger partial charge in [-0.3, -0.25) is 0 Å². The van der Waals surface area contributed by atoms with Gasteiger partial charge in [0, 0.05) is 29.7 Å². The first-order valence-corrected chi connectivity index (χ1v) is 11.1. The summed E-state index contributed by atoms with van der Waals surface area (Å²) in [6, 6.07) is 13.1. The van der Waals surface area contributed by atoms with Crippen molar-refractivity contribution in [2.45, 2.75) is 24.9 Å². The first-order valence-electron chi connectivity index (χ1n) is 9.98. The molecule has 2 aromatic rings. The second kappa shape index (κ2) is 9.90. The molecule has 1 amide bonds. The van der Waals surface area contributed by atoms with Crippen molar-refractivity contribution in [3.8, 4) is 0 Å². The van der Waals surface area contributed by atoms with Gasteiger partial charge in [-0.15, -0.1) is 0 Å².